The zero-order valence-corrected chi connectivity index (χ0v) is 15.3. The molecule has 1 aromatic carbocycles. The van der Waals surface area contributed by atoms with E-state index in [1.165, 1.54) is 29.6 Å². The lowest BCUT2D eigenvalue weighted by atomic mass is 10.2. The number of hydrogen-bond acceptors (Lipinski definition) is 5. The monoisotopic (exact) mass is 390 g/mol. The van der Waals surface area contributed by atoms with Crippen LogP contribution in [0.15, 0.2) is 42.7 Å². The highest BCUT2D eigenvalue weighted by atomic mass is 32.1. The van der Waals surface area contributed by atoms with Crippen LogP contribution < -0.4 is 10.1 Å². The minimum absolute atomic E-state index is 0.00119. The molecule has 140 valence electrons. The molecule has 2 aromatic heterocycles. The number of nitrogens with one attached hydrogen (secondary N) is 1. The number of benzene rings is 1. The highest BCUT2D eigenvalue weighted by Gasteiger charge is 2.14. The van der Waals surface area contributed by atoms with Crippen molar-refractivity contribution in [1.82, 2.24) is 14.5 Å². The van der Waals surface area contributed by atoms with Crippen LogP contribution in [-0.4, -0.2) is 27.1 Å². The summed E-state index contributed by atoms with van der Waals surface area (Å²) in [5, 5.41) is 3.10. The Labute approximate surface area is 158 Å². The van der Waals surface area contributed by atoms with Crippen LogP contribution in [0.1, 0.15) is 11.3 Å². The number of aromatic nitrogens is 3. The maximum Gasteiger partial charge on any atom is 0.387 e. The van der Waals surface area contributed by atoms with Crippen LogP contribution >= 0.6 is 11.3 Å². The van der Waals surface area contributed by atoms with Gasteiger partial charge >= 0.3 is 6.61 Å². The number of ether oxygens (including phenoxy) is 1. The smallest absolute Gasteiger partial charge is 0.387 e. The van der Waals surface area contributed by atoms with Gasteiger partial charge in [0.15, 0.2) is 11.0 Å². The van der Waals surface area contributed by atoms with Crippen molar-refractivity contribution >= 4 is 28.5 Å². The van der Waals surface area contributed by atoms with Gasteiger partial charge in [-0.15, -0.1) is 0 Å². The molecule has 0 spiro atoms. The number of anilines is 1. The zero-order valence-electron chi connectivity index (χ0n) is 14.5. The van der Waals surface area contributed by atoms with Gasteiger partial charge in [-0.05, 0) is 19.1 Å². The number of nitrogens with zero attached hydrogens (tertiary/aromatic N) is 3. The van der Waals surface area contributed by atoms with E-state index in [-0.39, 0.29) is 5.75 Å². The molecule has 0 aliphatic heterocycles. The van der Waals surface area contributed by atoms with Gasteiger partial charge in [-0.2, -0.15) is 8.78 Å². The van der Waals surface area contributed by atoms with Crippen LogP contribution in [-0.2, 0) is 11.8 Å². The molecule has 0 radical (unpaired) electrons. The molecule has 0 aliphatic carbocycles. The molecule has 0 aliphatic rings. The highest BCUT2D eigenvalue weighted by molar-refractivity contribution is 7.19. The lowest BCUT2D eigenvalue weighted by Crippen LogP contribution is -2.07. The Hall–Kier alpha value is -3.07. The van der Waals surface area contributed by atoms with E-state index < -0.39 is 12.5 Å². The number of hydrogen-bond donors (Lipinski definition) is 1. The number of thiazole rings is 1. The second kappa shape index (κ2) is 8.09. The number of rotatable bonds is 6. The fraction of sp³-hybridized carbons (Fsp3) is 0.167. The largest absolute Gasteiger partial charge is 0.434 e. The molecule has 0 unspecified atom stereocenters. The summed E-state index contributed by atoms with van der Waals surface area (Å²) in [7, 11) is 1.88. The van der Waals surface area contributed by atoms with Crippen molar-refractivity contribution in [3.8, 4) is 16.5 Å². The van der Waals surface area contributed by atoms with E-state index in [0.717, 1.165) is 16.4 Å². The van der Waals surface area contributed by atoms with E-state index in [1.54, 1.807) is 24.4 Å². The van der Waals surface area contributed by atoms with Gasteiger partial charge in [-0.1, -0.05) is 29.5 Å². The Morgan fingerprint density at radius 3 is 2.85 bits per heavy atom. The summed E-state index contributed by atoms with van der Waals surface area (Å²) in [5.74, 6) is 0.333. The average molecular weight is 390 g/mol. The number of amides is 1. The van der Waals surface area contributed by atoms with Crippen molar-refractivity contribution in [2.75, 3.05) is 5.32 Å². The highest BCUT2D eigenvalue weighted by Crippen LogP contribution is 2.31. The second-order valence-electron chi connectivity index (χ2n) is 5.53. The lowest BCUT2D eigenvalue weighted by molar-refractivity contribution is -0.111. The van der Waals surface area contributed by atoms with Gasteiger partial charge in [0.2, 0.25) is 5.91 Å². The molecule has 0 bridgehead atoms. The molecular weight excluding hydrogens is 374 g/mol. The van der Waals surface area contributed by atoms with Gasteiger partial charge in [-0.3, -0.25) is 10.1 Å². The van der Waals surface area contributed by atoms with E-state index in [4.69, 9.17) is 0 Å². The van der Waals surface area contributed by atoms with E-state index >= 15 is 0 Å². The average Bonchev–Trinajstić information content (AvgIpc) is 3.18. The van der Waals surface area contributed by atoms with Crippen LogP contribution in [0.4, 0.5) is 13.9 Å². The first-order chi connectivity index (χ1) is 12.9. The fourth-order valence-corrected chi connectivity index (χ4v) is 3.38. The van der Waals surface area contributed by atoms with Crippen molar-refractivity contribution in [2.45, 2.75) is 13.5 Å². The van der Waals surface area contributed by atoms with Crippen LogP contribution in [0.2, 0.25) is 0 Å². The molecule has 0 saturated heterocycles. The lowest BCUT2D eigenvalue weighted by Gasteiger charge is -2.07. The predicted molar refractivity (Wildman–Crippen MR) is 99.8 cm³/mol. The van der Waals surface area contributed by atoms with Gasteiger partial charge in [0.1, 0.15) is 5.75 Å². The minimum Gasteiger partial charge on any atom is -0.434 e. The van der Waals surface area contributed by atoms with Crippen LogP contribution in [0.3, 0.4) is 0 Å². The number of carbonyl (C=O) groups is 1. The van der Waals surface area contributed by atoms with Gasteiger partial charge in [-0.25, -0.2) is 9.97 Å². The second-order valence-corrected chi connectivity index (χ2v) is 6.53. The number of halogens is 2. The maximum atomic E-state index is 12.4. The van der Waals surface area contributed by atoms with Crippen molar-refractivity contribution in [1.29, 1.82) is 0 Å². The van der Waals surface area contributed by atoms with E-state index in [9.17, 15) is 13.6 Å². The molecule has 3 rings (SSSR count). The van der Waals surface area contributed by atoms with Gasteiger partial charge in [0.05, 0.1) is 10.6 Å². The first-order valence-electron chi connectivity index (χ1n) is 7.92. The quantitative estimate of drug-likeness (QED) is 0.643. The first-order valence-corrected chi connectivity index (χ1v) is 8.73. The predicted octanol–water partition coefficient (Wildman–Crippen LogP) is 4.11. The molecule has 0 atom stereocenters. The van der Waals surface area contributed by atoms with Crippen molar-refractivity contribution < 1.29 is 18.3 Å². The summed E-state index contributed by atoms with van der Waals surface area (Å²) in [6.07, 6.45) is 6.17. The maximum absolute atomic E-state index is 12.4. The fourth-order valence-electron chi connectivity index (χ4n) is 2.38. The Morgan fingerprint density at radius 2 is 2.15 bits per heavy atom. The molecule has 0 fully saturated rings. The minimum atomic E-state index is -2.93. The number of aryl methyl sites for hydroxylation is 2. The molecule has 6 nitrogen and oxygen atoms in total. The van der Waals surface area contributed by atoms with E-state index in [2.05, 4.69) is 20.0 Å². The molecule has 1 amide bonds. The molecule has 0 saturated carbocycles. The summed E-state index contributed by atoms with van der Waals surface area (Å²) in [6, 6.07) is 6.23. The SMILES string of the molecule is Cc1nc(NC(=O)/C=C/c2ccccc2OC(F)F)sc1-c1nccn1C. The molecule has 2 heterocycles. The van der Waals surface area contributed by atoms with Crippen molar-refractivity contribution in [3.05, 3.63) is 54.0 Å². The molecular formula is C18H16F2N4O2S. The number of para-hydroxylation sites is 1. The third-order valence-corrected chi connectivity index (χ3v) is 4.67. The van der Waals surface area contributed by atoms with Crippen molar-refractivity contribution in [3.63, 3.8) is 0 Å². The topological polar surface area (TPSA) is 69.0 Å². The number of alkyl halides is 2. The zero-order chi connectivity index (χ0) is 19.4. The van der Waals surface area contributed by atoms with E-state index in [0.29, 0.717) is 10.7 Å². The summed E-state index contributed by atoms with van der Waals surface area (Å²) in [6.45, 7) is -1.10. The number of carbonyl (C=O) groups excluding carboxylic acids is 1. The standard InChI is InChI=1S/C18H16F2N4O2S/c1-11-15(16-21-9-10-24(16)2)27-18(22-11)23-14(25)8-7-12-5-3-4-6-13(12)26-17(19)20/h3-10,17H,1-2H3,(H,22,23,25)/b8-7+. The third kappa shape index (κ3) is 4.56. The summed E-state index contributed by atoms with van der Waals surface area (Å²) in [5.41, 5.74) is 1.13. The molecule has 9 heteroatoms. The summed E-state index contributed by atoms with van der Waals surface area (Å²) < 4.78 is 31.2. The Morgan fingerprint density at radius 1 is 1.37 bits per heavy atom. The van der Waals surface area contributed by atoms with Crippen LogP contribution in [0.5, 0.6) is 5.75 Å². The van der Waals surface area contributed by atoms with Crippen LogP contribution in [0, 0.1) is 6.92 Å². The third-order valence-electron chi connectivity index (χ3n) is 3.60. The Bertz CT molecular complexity index is 981. The molecule has 1 N–H and O–H groups in total. The van der Waals surface area contributed by atoms with Crippen molar-refractivity contribution in [2.24, 2.45) is 7.05 Å². The molecule has 3 aromatic rings. The normalized spacial score (nSPS) is 11.3. The summed E-state index contributed by atoms with van der Waals surface area (Å²) in [4.78, 5) is 21.6. The Kier molecular flexibility index (Phi) is 5.60. The molecule has 27 heavy (non-hydrogen) atoms. The Balaban J connectivity index is 1.72. The van der Waals surface area contributed by atoms with Gasteiger partial charge in [0, 0.05) is 31.1 Å². The van der Waals surface area contributed by atoms with Gasteiger partial charge in [0.25, 0.3) is 0 Å². The van der Waals surface area contributed by atoms with Gasteiger partial charge < -0.3 is 9.30 Å². The number of imidazole rings is 1. The van der Waals surface area contributed by atoms with E-state index in [1.807, 2.05) is 24.7 Å². The first kappa shape index (κ1) is 18.7. The summed E-state index contributed by atoms with van der Waals surface area (Å²) >= 11 is 1.31. The van der Waals surface area contributed by atoms with Crippen LogP contribution in [0.25, 0.3) is 16.8 Å².